The molecule has 1 aliphatic carbocycles. The van der Waals surface area contributed by atoms with Gasteiger partial charge in [0.25, 0.3) is 0 Å². The number of hydrogen-bond donors (Lipinski definition) is 2. The highest BCUT2D eigenvalue weighted by Crippen LogP contribution is 2.44. The number of halogens is 3. The Morgan fingerprint density at radius 2 is 1.58 bits per heavy atom. The van der Waals surface area contributed by atoms with Crippen LogP contribution in [0.5, 0.6) is 0 Å². The zero-order chi connectivity index (χ0) is 22.2. The second kappa shape index (κ2) is 7.75. The van der Waals surface area contributed by atoms with Crippen molar-refractivity contribution >= 4 is 17.9 Å². The number of amides is 1. The van der Waals surface area contributed by atoms with Crippen LogP contribution in [-0.2, 0) is 10.9 Å². The van der Waals surface area contributed by atoms with E-state index in [1.165, 1.54) is 0 Å². The number of carbonyl (C=O) groups is 2. The van der Waals surface area contributed by atoms with Gasteiger partial charge in [0.1, 0.15) is 12.2 Å². The summed E-state index contributed by atoms with van der Waals surface area (Å²) in [6, 6.07) is 15.8. The number of alkyl halides is 3. The molecule has 0 spiro atoms. The lowest BCUT2D eigenvalue weighted by molar-refractivity contribution is -0.138. The van der Waals surface area contributed by atoms with Crippen LogP contribution < -0.4 is 5.32 Å². The van der Waals surface area contributed by atoms with E-state index in [0.717, 1.165) is 28.5 Å². The Bertz CT molecular complexity index is 1130. The van der Waals surface area contributed by atoms with Crippen molar-refractivity contribution in [2.24, 2.45) is 0 Å². The van der Waals surface area contributed by atoms with E-state index >= 15 is 0 Å². The third kappa shape index (κ3) is 3.81. The minimum atomic E-state index is -4.92. The normalized spacial score (nSPS) is 12.7. The molecule has 6 nitrogen and oxygen atoms in total. The van der Waals surface area contributed by atoms with Gasteiger partial charge in [-0.05, 0) is 28.3 Å². The summed E-state index contributed by atoms with van der Waals surface area (Å²) in [5, 5.41) is 11.2. The Labute approximate surface area is 174 Å². The van der Waals surface area contributed by atoms with E-state index in [0.29, 0.717) is 6.07 Å². The van der Waals surface area contributed by atoms with Gasteiger partial charge in [0.15, 0.2) is 5.82 Å². The quantitative estimate of drug-likeness (QED) is 0.599. The monoisotopic (exact) mass is 428 g/mol. The van der Waals surface area contributed by atoms with Crippen LogP contribution >= 0.6 is 0 Å². The highest BCUT2D eigenvalue weighted by atomic mass is 19.4. The molecule has 0 bridgehead atoms. The van der Waals surface area contributed by atoms with Gasteiger partial charge in [-0.15, -0.1) is 0 Å². The number of aromatic carboxylic acids is 1. The summed E-state index contributed by atoms with van der Waals surface area (Å²) in [4.78, 5) is 27.2. The number of carboxylic acid groups (broad SMARTS) is 1. The van der Waals surface area contributed by atoms with Crippen LogP contribution in [-0.4, -0.2) is 28.8 Å². The van der Waals surface area contributed by atoms with E-state index in [-0.39, 0.29) is 12.5 Å². The summed E-state index contributed by atoms with van der Waals surface area (Å²) in [5.41, 5.74) is 1.38. The molecule has 9 heteroatoms. The summed E-state index contributed by atoms with van der Waals surface area (Å²) in [6.07, 6.45) is -5.25. The average Bonchev–Trinajstić information content (AvgIpc) is 3.05. The maximum Gasteiger partial charge on any atom is 0.417 e. The van der Waals surface area contributed by atoms with E-state index in [2.05, 4.69) is 4.98 Å². The van der Waals surface area contributed by atoms with E-state index < -0.39 is 35.2 Å². The Hall–Kier alpha value is -3.88. The molecule has 1 amide bonds. The van der Waals surface area contributed by atoms with Crippen molar-refractivity contribution in [3.05, 3.63) is 83.0 Å². The van der Waals surface area contributed by atoms with Gasteiger partial charge in [-0.2, -0.15) is 13.2 Å². The van der Waals surface area contributed by atoms with Crippen molar-refractivity contribution in [3.8, 4) is 11.1 Å². The number of nitrogens with one attached hydrogen (secondary N) is 1. The molecule has 4 rings (SSSR count). The van der Waals surface area contributed by atoms with Crippen molar-refractivity contribution in [3.63, 3.8) is 0 Å². The third-order valence-electron chi connectivity index (χ3n) is 5.03. The third-order valence-corrected chi connectivity index (χ3v) is 5.03. The van der Waals surface area contributed by atoms with E-state index in [1.54, 1.807) is 0 Å². The summed E-state index contributed by atoms with van der Waals surface area (Å²) in [5.74, 6) is -2.86. The van der Waals surface area contributed by atoms with Crippen LogP contribution in [0.15, 0.2) is 60.8 Å². The predicted molar refractivity (Wildman–Crippen MR) is 105 cm³/mol. The molecule has 1 aromatic heterocycles. The van der Waals surface area contributed by atoms with Crippen LogP contribution in [0.1, 0.15) is 33.0 Å². The number of fused-ring (bicyclic) bond motifs is 3. The molecule has 0 unspecified atom stereocenters. The van der Waals surface area contributed by atoms with Crippen molar-refractivity contribution in [2.75, 3.05) is 11.9 Å². The fourth-order valence-electron chi connectivity index (χ4n) is 3.74. The molecule has 1 heterocycles. The molecular formula is C22H15F3N2O4. The maximum absolute atomic E-state index is 13.1. The highest BCUT2D eigenvalue weighted by molar-refractivity contribution is 5.99. The van der Waals surface area contributed by atoms with E-state index in [9.17, 15) is 27.9 Å². The number of rotatable bonds is 4. The Morgan fingerprint density at radius 3 is 2.13 bits per heavy atom. The van der Waals surface area contributed by atoms with Crippen LogP contribution in [0, 0.1) is 0 Å². The largest absolute Gasteiger partial charge is 0.478 e. The highest BCUT2D eigenvalue weighted by Gasteiger charge is 2.37. The summed E-state index contributed by atoms with van der Waals surface area (Å²) in [6.45, 7) is -0.0821. The minimum Gasteiger partial charge on any atom is -0.478 e. The van der Waals surface area contributed by atoms with Gasteiger partial charge in [-0.3, -0.25) is 5.32 Å². The van der Waals surface area contributed by atoms with Crippen molar-refractivity contribution in [2.45, 2.75) is 12.1 Å². The fraction of sp³-hybridized carbons (Fsp3) is 0.136. The van der Waals surface area contributed by atoms with Gasteiger partial charge in [0, 0.05) is 12.1 Å². The van der Waals surface area contributed by atoms with Crippen molar-refractivity contribution < 1.29 is 32.6 Å². The first-order chi connectivity index (χ1) is 14.8. The number of ether oxygens (including phenoxy) is 1. The SMILES string of the molecule is O=C(Nc1nccc(C(F)(F)F)c1C(=O)O)OCC1c2ccccc2-c2ccccc21. The average molecular weight is 428 g/mol. The minimum absolute atomic E-state index is 0.0821. The molecule has 3 aromatic rings. The molecule has 0 saturated heterocycles. The zero-order valence-electron chi connectivity index (χ0n) is 15.8. The Kier molecular flexibility index (Phi) is 5.10. The number of carbonyl (C=O) groups excluding carboxylic acids is 1. The summed E-state index contributed by atoms with van der Waals surface area (Å²) < 4.78 is 44.6. The molecule has 0 radical (unpaired) electrons. The number of hydrogen-bond acceptors (Lipinski definition) is 4. The number of benzene rings is 2. The molecule has 0 atom stereocenters. The molecule has 158 valence electrons. The predicted octanol–water partition coefficient (Wildman–Crippen LogP) is 5.16. The molecule has 0 saturated carbocycles. The molecule has 0 fully saturated rings. The van der Waals surface area contributed by atoms with Crippen molar-refractivity contribution in [1.82, 2.24) is 4.98 Å². The van der Waals surface area contributed by atoms with Gasteiger partial charge < -0.3 is 9.84 Å². The number of nitrogens with zero attached hydrogens (tertiary/aromatic N) is 1. The second-order valence-electron chi connectivity index (χ2n) is 6.84. The first-order valence-corrected chi connectivity index (χ1v) is 9.19. The van der Waals surface area contributed by atoms with Gasteiger partial charge in [-0.25, -0.2) is 14.6 Å². The number of aromatic nitrogens is 1. The maximum atomic E-state index is 13.1. The zero-order valence-corrected chi connectivity index (χ0v) is 15.8. The lowest BCUT2D eigenvalue weighted by Gasteiger charge is -2.16. The van der Waals surface area contributed by atoms with Crippen LogP contribution in [0.4, 0.5) is 23.8 Å². The Balaban J connectivity index is 1.55. The van der Waals surface area contributed by atoms with Crippen LogP contribution in [0.25, 0.3) is 11.1 Å². The summed E-state index contributed by atoms with van der Waals surface area (Å²) in [7, 11) is 0. The van der Waals surface area contributed by atoms with Gasteiger partial charge in [0.2, 0.25) is 0 Å². The Morgan fingerprint density at radius 1 is 1.00 bits per heavy atom. The topological polar surface area (TPSA) is 88.5 Å². The number of carboxylic acids is 1. The summed E-state index contributed by atoms with van der Waals surface area (Å²) >= 11 is 0. The molecule has 2 aromatic carbocycles. The van der Waals surface area contributed by atoms with Gasteiger partial charge in [-0.1, -0.05) is 48.5 Å². The van der Waals surface area contributed by atoms with Crippen molar-refractivity contribution in [1.29, 1.82) is 0 Å². The fourth-order valence-corrected chi connectivity index (χ4v) is 3.74. The van der Waals surface area contributed by atoms with E-state index in [4.69, 9.17) is 4.74 Å². The smallest absolute Gasteiger partial charge is 0.417 e. The molecule has 1 aliphatic rings. The molecule has 2 N–H and O–H groups in total. The first kappa shape index (κ1) is 20.4. The van der Waals surface area contributed by atoms with Gasteiger partial charge >= 0.3 is 18.2 Å². The lowest BCUT2D eigenvalue weighted by Crippen LogP contribution is -2.22. The number of pyridine rings is 1. The lowest BCUT2D eigenvalue weighted by atomic mass is 9.98. The van der Waals surface area contributed by atoms with Gasteiger partial charge in [0.05, 0.1) is 5.56 Å². The van der Waals surface area contributed by atoms with Crippen LogP contribution in [0.3, 0.4) is 0 Å². The van der Waals surface area contributed by atoms with Crippen LogP contribution in [0.2, 0.25) is 0 Å². The van der Waals surface area contributed by atoms with E-state index in [1.807, 2.05) is 53.8 Å². The first-order valence-electron chi connectivity index (χ1n) is 9.19. The molecule has 31 heavy (non-hydrogen) atoms. The number of anilines is 1. The molecule has 0 aliphatic heterocycles. The standard InChI is InChI=1S/C22H15F3N2O4/c23-22(24,25)17-9-10-26-19(18(17)20(28)29)27-21(30)31-11-16-14-7-3-1-5-12(14)13-6-2-4-8-15(13)16/h1-10,16H,11H2,(H,28,29)(H,26,27,30). The second-order valence-corrected chi connectivity index (χ2v) is 6.84. The molecular weight excluding hydrogens is 413 g/mol.